The molecule has 1 aromatic heterocycles. The number of carbonyl (C=O) groups is 3. The van der Waals surface area contributed by atoms with Crippen LogP contribution < -0.4 is 0 Å². The molecule has 5 rings (SSSR count). The van der Waals surface area contributed by atoms with Gasteiger partial charge in [0.25, 0.3) is 0 Å². The van der Waals surface area contributed by atoms with E-state index in [9.17, 15) is 19.5 Å². The van der Waals surface area contributed by atoms with Crippen LogP contribution >= 0.6 is 0 Å². The second kappa shape index (κ2) is 12.5. The molecule has 41 heavy (non-hydrogen) atoms. The number of ketones is 2. The second-order valence-electron chi connectivity index (χ2n) is 10.6. The number of fused-ring (bicyclic) bond motifs is 3. The lowest BCUT2D eigenvalue weighted by Crippen LogP contribution is -2.19. The van der Waals surface area contributed by atoms with Crippen molar-refractivity contribution >= 4 is 45.1 Å². The summed E-state index contributed by atoms with van der Waals surface area (Å²) in [6.07, 6.45) is 5.56. The molecular weight excluding hydrogens is 520 g/mol. The molecule has 1 N–H and O–H groups in total. The zero-order chi connectivity index (χ0) is 28.9. The summed E-state index contributed by atoms with van der Waals surface area (Å²) in [5.74, 6) is -0.559. The Hall–Kier alpha value is -4.30. The molecule has 212 valence electrons. The van der Waals surface area contributed by atoms with Crippen molar-refractivity contribution in [3.63, 3.8) is 0 Å². The molecule has 1 saturated carbocycles. The van der Waals surface area contributed by atoms with E-state index in [-0.39, 0.29) is 23.0 Å². The number of aromatic nitrogens is 1. The molecule has 0 radical (unpaired) electrons. The average Bonchev–Trinajstić information content (AvgIpc) is 3.60. The highest BCUT2D eigenvalue weighted by atomic mass is 16.7. The highest BCUT2D eigenvalue weighted by molar-refractivity contribution is 6.46. The van der Waals surface area contributed by atoms with Gasteiger partial charge in [-0.1, -0.05) is 30.8 Å². The Morgan fingerprint density at radius 1 is 0.902 bits per heavy atom. The molecule has 3 aromatic carbocycles. The summed E-state index contributed by atoms with van der Waals surface area (Å²) < 4.78 is 7.45. The van der Waals surface area contributed by atoms with Crippen molar-refractivity contribution in [2.45, 2.75) is 52.0 Å². The predicted octanol–water partition coefficient (Wildman–Crippen LogP) is 6.45. The van der Waals surface area contributed by atoms with Crippen molar-refractivity contribution in [3.8, 4) is 5.75 Å². The largest absolute Gasteiger partial charge is 0.508 e. The number of oxime groups is 1. The maximum atomic E-state index is 13.7. The first-order valence-electron chi connectivity index (χ1n) is 14.0. The molecule has 1 heterocycles. The lowest BCUT2D eigenvalue weighted by Gasteiger charge is -2.11. The molecule has 0 bridgehead atoms. The second-order valence-corrected chi connectivity index (χ2v) is 10.6. The molecule has 8 nitrogen and oxygen atoms in total. The number of aromatic hydroxyl groups is 1. The maximum absolute atomic E-state index is 13.7. The smallest absolute Gasteiger partial charge is 0.331 e. The van der Waals surface area contributed by atoms with Gasteiger partial charge in [0, 0.05) is 65.7 Å². The Balaban J connectivity index is 1.58. The minimum atomic E-state index is -0.567. The van der Waals surface area contributed by atoms with E-state index in [4.69, 9.17) is 9.57 Å². The summed E-state index contributed by atoms with van der Waals surface area (Å²) in [5, 5.41) is 15.3. The number of hydrogen-bond donors (Lipinski definition) is 1. The summed E-state index contributed by atoms with van der Waals surface area (Å²) in [5.41, 5.74) is 3.57. The van der Waals surface area contributed by atoms with Gasteiger partial charge in [0.15, 0.2) is 5.78 Å². The fourth-order valence-electron chi connectivity index (χ4n) is 5.72. The minimum absolute atomic E-state index is 0.0953. The summed E-state index contributed by atoms with van der Waals surface area (Å²) in [6.45, 7) is 2.57. The van der Waals surface area contributed by atoms with Gasteiger partial charge in [-0.2, -0.15) is 0 Å². The standard InChI is InChI=1S/C33H34N2O6/c1-21(36)41-34-29(18-22-6-3-4-7-22)33(39)25-11-15-31-28(20-25)27-19-24(32(38)23-8-12-26(37)13-9-23)10-14-30(27)35(31)16-5-17-40-2/h8-15,19-20,22,37H,3-7,16-18H2,1-2H3/b34-29+. The number of rotatable bonds is 11. The third-order valence-corrected chi connectivity index (χ3v) is 7.75. The topological polar surface area (TPSA) is 107 Å². The Kier molecular flexibility index (Phi) is 8.59. The number of nitrogens with zero attached hydrogens (tertiary/aromatic N) is 2. The highest BCUT2D eigenvalue weighted by Crippen LogP contribution is 2.33. The number of phenolic OH excluding ortho intramolecular Hbond substituents is 1. The molecule has 0 saturated heterocycles. The summed E-state index contributed by atoms with van der Waals surface area (Å²) in [6, 6.07) is 17.3. The van der Waals surface area contributed by atoms with Gasteiger partial charge >= 0.3 is 5.97 Å². The fourth-order valence-corrected chi connectivity index (χ4v) is 5.72. The van der Waals surface area contributed by atoms with Crippen LogP contribution in [0.4, 0.5) is 0 Å². The van der Waals surface area contributed by atoms with Gasteiger partial charge in [-0.05, 0) is 79.4 Å². The van der Waals surface area contributed by atoms with Gasteiger partial charge in [0.05, 0.1) is 0 Å². The van der Waals surface area contributed by atoms with Crippen LogP contribution in [-0.4, -0.2) is 46.6 Å². The van der Waals surface area contributed by atoms with Crippen LogP contribution in [0, 0.1) is 5.92 Å². The van der Waals surface area contributed by atoms with Gasteiger partial charge in [-0.15, -0.1) is 0 Å². The van der Waals surface area contributed by atoms with Crippen LogP contribution in [0.3, 0.4) is 0 Å². The summed E-state index contributed by atoms with van der Waals surface area (Å²) in [4.78, 5) is 43.4. The van der Waals surface area contributed by atoms with Crippen molar-refractivity contribution in [2.24, 2.45) is 11.1 Å². The Labute approximate surface area is 238 Å². The lowest BCUT2D eigenvalue weighted by molar-refractivity contribution is -0.140. The Morgan fingerprint density at radius 3 is 2.15 bits per heavy atom. The van der Waals surface area contributed by atoms with Crippen LogP contribution in [0.2, 0.25) is 0 Å². The van der Waals surface area contributed by atoms with Gasteiger partial charge in [0.1, 0.15) is 11.5 Å². The lowest BCUT2D eigenvalue weighted by atomic mass is 9.95. The third-order valence-electron chi connectivity index (χ3n) is 7.75. The zero-order valence-corrected chi connectivity index (χ0v) is 23.4. The maximum Gasteiger partial charge on any atom is 0.331 e. The number of methoxy groups -OCH3 is 1. The van der Waals surface area contributed by atoms with Crippen LogP contribution in [0.1, 0.15) is 71.7 Å². The number of hydrogen-bond acceptors (Lipinski definition) is 7. The fraction of sp³-hybridized carbons (Fsp3) is 0.333. The minimum Gasteiger partial charge on any atom is -0.508 e. The molecule has 0 unspecified atom stereocenters. The van der Waals surface area contributed by atoms with E-state index in [0.717, 1.165) is 53.9 Å². The predicted molar refractivity (Wildman–Crippen MR) is 158 cm³/mol. The number of benzene rings is 3. The number of phenols is 1. The van der Waals surface area contributed by atoms with Crippen molar-refractivity contribution in [1.82, 2.24) is 4.57 Å². The van der Waals surface area contributed by atoms with Gasteiger partial charge < -0.3 is 19.2 Å². The molecular formula is C33H34N2O6. The quantitative estimate of drug-likeness (QED) is 0.0751. The number of aryl methyl sites for hydroxylation is 1. The van der Waals surface area contributed by atoms with Crippen LogP contribution in [0.5, 0.6) is 5.75 Å². The monoisotopic (exact) mass is 554 g/mol. The summed E-state index contributed by atoms with van der Waals surface area (Å²) >= 11 is 0. The van der Waals surface area contributed by atoms with Crippen molar-refractivity contribution in [1.29, 1.82) is 0 Å². The van der Waals surface area contributed by atoms with E-state index in [1.54, 1.807) is 31.4 Å². The van der Waals surface area contributed by atoms with Crippen molar-refractivity contribution in [3.05, 3.63) is 77.4 Å². The van der Waals surface area contributed by atoms with Crippen molar-refractivity contribution in [2.75, 3.05) is 13.7 Å². The van der Waals surface area contributed by atoms with E-state index in [1.807, 2.05) is 24.3 Å². The molecule has 0 atom stereocenters. The van der Waals surface area contributed by atoms with Gasteiger partial charge in [-0.3, -0.25) is 9.59 Å². The molecule has 0 aliphatic heterocycles. The average molecular weight is 555 g/mol. The molecule has 4 aromatic rings. The van der Waals surface area contributed by atoms with Crippen LogP contribution in [-0.2, 0) is 20.9 Å². The molecule has 1 aliphatic rings. The van der Waals surface area contributed by atoms with Crippen molar-refractivity contribution < 1.29 is 29.1 Å². The SMILES string of the molecule is COCCCn1c2ccc(C(=O)/C(CC3CCCC3)=N/OC(C)=O)cc2c2cc(C(=O)c3ccc(O)cc3)ccc21. The Bertz CT molecular complexity index is 1630. The summed E-state index contributed by atoms with van der Waals surface area (Å²) in [7, 11) is 1.67. The van der Waals surface area contributed by atoms with E-state index in [1.165, 1.54) is 19.1 Å². The van der Waals surface area contributed by atoms with Gasteiger partial charge in [0.2, 0.25) is 5.78 Å². The first-order valence-corrected chi connectivity index (χ1v) is 14.0. The van der Waals surface area contributed by atoms with Crippen LogP contribution in [0.25, 0.3) is 21.8 Å². The van der Waals surface area contributed by atoms with E-state index < -0.39 is 5.97 Å². The van der Waals surface area contributed by atoms with E-state index in [0.29, 0.717) is 42.2 Å². The first-order chi connectivity index (χ1) is 19.9. The van der Waals surface area contributed by atoms with E-state index in [2.05, 4.69) is 9.72 Å². The normalized spacial score (nSPS) is 14.1. The molecule has 1 fully saturated rings. The first kappa shape index (κ1) is 28.2. The third kappa shape index (κ3) is 6.23. The molecule has 0 spiro atoms. The molecule has 8 heteroatoms. The Morgan fingerprint density at radius 2 is 1.51 bits per heavy atom. The molecule has 1 aliphatic carbocycles. The van der Waals surface area contributed by atoms with Gasteiger partial charge in [-0.25, -0.2) is 4.79 Å². The molecule has 0 amide bonds. The number of ether oxygens (including phenoxy) is 1. The zero-order valence-electron chi connectivity index (χ0n) is 23.4. The highest BCUT2D eigenvalue weighted by Gasteiger charge is 2.24. The number of Topliss-reactive ketones (excluding diaryl/α,β-unsaturated/α-hetero) is 1. The van der Waals surface area contributed by atoms with E-state index >= 15 is 0 Å². The number of carbonyl (C=O) groups excluding carboxylic acids is 3. The van der Waals surface area contributed by atoms with Crippen LogP contribution in [0.15, 0.2) is 65.8 Å².